The van der Waals surface area contributed by atoms with Crippen molar-refractivity contribution >= 4 is 21.9 Å². The lowest BCUT2D eigenvalue weighted by molar-refractivity contribution is 0.559. The van der Waals surface area contributed by atoms with Gasteiger partial charge in [0.2, 0.25) is 0 Å². The molecule has 0 radical (unpaired) electrons. The quantitative estimate of drug-likeness (QED) is 0.480. The van der Waals surface area contributed by atoms with Crippen LogP contribution in [-0.2, 0) is 0 Å². The van der Waals surface area contributed by atoms with Gasteiger partial charge < -0.3 is 8.83 Å². The van der Waals surface area contributed by atoms with Crippen molar-refractivity contribution in [3.05, 3.63) is 70.6 Å². The third kappa shape index (κ3) is 1.86. The zero-order valence-corrected chi connectivity index (χ0v) is 11.4. The fourth-order valence-corrected chi connectivity index (χ4v) is 2.67. The molecule has 2 aromatic heterocycles. The van der Waals surface area contributed by atoms with Crippen LogP contribution < -0.4 is 5.63 Å². The lowest BCUT2D eigenvalue weighted by Gasteiger charge is -2.00. The average molecular weight is 276 g/mol. The van der Waals surface area contributed by atoms with Gasteiger partial charge in [-0.25, -0.2) is 4.79 Å². The number of benzene rings is 2. The van der Waals surface area contributed by atoms with Crippen LogP contribution in [-0.4, -0.2) is 0 Å². The van der Waals surface area contributed by atoms with Crippen LogP contribution in [0.2, 0.25) is 0 Å². The van der Waals surface area contributed by atoms with Crippen molar-refractivity contribution in [1.29, 1.82) is 0 Å². The Hall–Kier alpha value is -2.81. The highest BCUT2D eigenvalue weighted by Crippen LogP contribution is 2.33. The molecule has 0 aliphatic heterocycles. The van der Waals surface area contributed by atoms with Crippen LogP contribution in [0, 0.1) is 6.92 Å². The summed E-state index contributed by atoms with van der Waals surface area (Å²) in [6, 6.07) is 17.2. The van der Waals surface area contributed by atoms with Crippen LogP contribution >= 0.6 is 0 Å². The van der Waals surface area contributed by atoms with E-state index in [9.17, 15) is 4.79 Å². The van der Waals surface area contributed by atoms with Crippen molar-refractivity contribution in [2.24, 2.45) is 0 Å². The van der Waals surface area contributed by atoms with Gasteiger partial charge >= 0.3 is 5.63 Å². The van der Waals surface area contributed by atoms with Gasteiger partial charge in [0.25, 0.3) is 0 Å². The highest BCUT2D eigenvalue weighted by Gasteiger charge is 2.12. The lowest BCUT2D eigenvalue weighted by Crippen LogP contribution is -1.97. The summed E-state index contributed by atoms with van der Waals surface area (Å²) in [5, 5.41) is 1.85. The molecule has 4 aromatic rings. The van der Waals surface area contributed by atoms with Crippen LogP contribution in [0.15, 0.2) is 68.2 Å². The van der Waals surface area contributed by atoms with E-state index in [1.165, 1.54) is 6.07 Å². The molecule has 0 bridgehead atoms. The molecule has 0 saturated carbocycles. The predicted molar refractivity (Wildman–Crippen MR) is 82.4 cm³/mol. The highest BCUT2D eigenvalue weighted by atomic mass is 16.4. The van der Waals surface area contributed by atoms with Gasteiger partial charge in [0.1, 0.15) is 16.9 Å². The first-order chi connectivity index (χ1) is 10.2. The minimum Gasteiger partial charge on any atom is -0.455 e. The molecule has 2 heterocycles. The molecule has 0 aliphatic carbocycles. The molecule has 0 fully saturated rings. The summed E-state index contributed by atoms with van der Waals surface area (Å²) in [4.78, 5) is 11.5. The Morgan fingerprint density at radius 1 is 0.905 bits per heavy atom. The predicted octanol–water partition coefficient (Wildman–Crippen LogP) is 4.51. The summed E-state index contributed by atoms with van der Waals surface area (Å²) < 4.78 is 11.3. The molecule has 0 N–H and O–H groups in total. The molecule has 102 valence electrons. The molecular formula is C18H12O3. The monoisotopic (exact) mass is 276 g/mol. The zero-order chi connectivity index (χ0) is 14.4. The number of fused-ring (bicyclic) bond motifs is 3. The van der Waals surface area contributed by atoms with Crippen molar-refractivity contribution in [3.63, 3.8) is 0 Å². The van der Waals surface area contributed by atoms with E-state index in [2.05, 4.69) is 0 Å². The summed E-state index contributed by atoms with van der Waals surface area (Å²) in [7, 11) is 0. The fourth-order valence-electron chi connectivity index (χ4n) is 2.67. The van der Waals surface area contributed by atoms with Crippen molar-refractivity contribution in [2.75, 3.05) is 0 Å². The smallest absolute Gasteiger partial charge is 0.336 e. The molecule has 0 unspecified atom stereocenters. The van der Waals surface area contributed by atoms with Crippen LogP contribution in [0.4, 0.5) is 0 Å². The van der Waals surface area contributed by atoms with Crippen molar-refractivity contribution in [1.82, 2.24) is 0 Å². The Labute approximate surface area is 120 Å². The largest absolute Gasteiger partial charge is 0.455 e. The SMILES string of the molecule is Cc1cc(=O)oc2ccc3cc(-c4ccccc4)oc3c12. The molecule has 0 spiro atoms. The Kier molecular flexibility index (Phi) is 2.48. The van der Waals surface area contributed by atoms with E-state index >= 15 is 0 Å². The van der Waals surface area contributed by atoms with E-state index in [-0.39, 0.29) is 5.63 Å². The van der Waals surface area contributed by atoms with E-state index in [0.29, 0.717) is 5.58 Å². The Morgan fingerprint density at radius 3 is 2.52 bits per heavy atom. The van der Waals surface area contributed by atoms with E-state index in [0.717, 1.165) is 33.2 Å². The number of rotatable bonds is 1. The second-order valence-electron chi connectivity index (χ2n) is 5.08. The topological polar surface area (TPSA) is 43.4 Å². The van der Waals surface area contributed by atoms with Gasteiger partial charge in [-0.2, -0.15) is 0 Å². The van der Waals surface area contributed by atoms with Crippen LogP contribution in [0.3, 0.4) is 0 Å². The van der Waals surface area contributed by atoms with E-state index in [4.69, 9.17) is 8.83 Å². The van der Waals surface area contributed by atoms with E-state index in [1.54, 1.807) is 0 Å². The molecule has 0 atom stereocenters. The molecule has 0 amide bonds. The Bertz CT molecular complexity index is 1010. The Balaban J connectivity index is 2.08. The molecule has 4 rings (SSSR count). The number of hydrogen-bond donors (Lipinski definition) is 0. The van der Waals surface area contributed by atoms with E-state index in [1.807, 2.05) is 55.5 Å². The van der Waals surface area contributed by atoms with Gasteiger partial charge in [-0.15, -0.1) is 0 Å². The van der Waals surface area contributed by atoms with Gasteiger partial charge in [-0.3, -0.25) is 0 Å². The van der Waals surface area contributed by atoms with Gasteiger partial charge in [0.05, 0.1) is 5.39 Å². The standard InChI is InChI=1S/C18H12O3/c1-11-9-16(19)20-14-8-7-13-10-15(21-18(13)17(11)14)12-5-3-2-4-6-12/h2-10H,1H3. The lowest BCUT2D eigenvalue weighted by atomic mass is 10.1. The second kappa shape index (κ2) is 4.35. The molecule has 0 aliphatic rings. The third-order valence-corrected chi connectivity index (χ3v) is 3.65. The molecule has 2 aromatic carbocycles. The minimum absolute atomic E-state index is 0.339. The van der Waals surface area contributed by atoms with Crippen molar-refractivity contribution in [3.8, 4) is 11.3 Å². The van der Waals surface area contributed by atoms with Crippen LogP contribution in [0.5, 0.6) is 0 Å². The first-order valence-corrected chi connectivity index (χ1v) is 6.75. The molecule has 0 saturated heterocycles. The summed E-state index contributed by atoms with van der Waals surface area (Å²) >= 11 is 0. The molecule has 3 nitrogen and oxygen atoms in total. The zero-order valence-electron chi connectivity index (χ0n) is 11.4. The summed E-state index contributed by atoms with van der Waals surface area (Å²) in [5.74, 6) is 0.809. The summed E-state index contributed by atoms with van der Waals surface area (Å²) in [5.41, 5.74) is 2.86. The van der Waals surface area contributed by atoms with Crippen molar-refractivity contribution in [2.45, 2.75) is 6.92 Å². The maximum atomic E-state index is 11.5. The first kappa shape index (κ1) is 12.0. The molecule has 3 heteroatoms. The number of hydrogen-bond acceptors (Lipinski definition) is 3. The normalized spacial score (nSPS) is 11.3. The van der Waals surface area contributed by atoms with Gasteiger partial charge in [0, 0.05) is 17.0 Å². The second-order valence-corrected chi connectivity index (χ2v) is 5.08. The fraction of sp³-hybridized carbons (Fsp3) is 0.0556. The molecule has 21 heavy (non-hydrogen) atoms. The average Bonchev–Trinajstić information content (AvgIpc) is 2.91. The minimum atomic E-state index is -0.339. The van der Waals surface area contributed by atoms with Crippen molar-refractivity contribution < 1.29 is 8.83 Å². The Morgan fingerprint density at radius 2 is 1.71 bits per heavy atom. The molecular weight excluding hydrogens is 264 g/mol. The highest BCUT2D eigenvalue weighted by molar-refractivity contribution is 6.04. The van der Waals surface area contributed by atoms with E-state index < -0.39 is 0 Å². The van der Waals surface area contributed by atoms with Gasteiger partial charge in [-0.1, -0.05) is 30.3 Å². The van der Waals surface area contributed by atoms with Crippen LogP contribution in [0.25, 0.3) is 33.3 Å². The number of furan rings is 1. The summed E-state index contributed by atoms with van der Waals surface area (Å²) in [6.45, 7) is 1.89. The van der Waals surface area contributed by atoms with Gasteiger partial charge in [-0.05, 0) is 30.7 Å². The maximum Gasteiger partial charge on any atom is 0.336 e. The number of aryl methyl sites for hydroxylation is 1. The first-order valence-electron chi connectivity index (χ1n) is 6.75. The van der Waals surface area contributed by atoms with Gasteiger partial charge in [0.15, 0.2) is 0 Å². The summed E-state index contributed by atoms with van der Waals surface area (Å²) in [6.07, 6.45) is 0. The third-order valence-electron chi connectivity index (χ3n) is 3.65. The maximum absolute atomic E-state index is 11.5. The van der Waals surface area contributed by atoms with Crippen LogP contribution in [0.1, 0.15) is 5.56 Å².